The Morgan fingerprint density at radius 2 is 1.71 bits per heavy atom. The molecule has 0 aliphatic heterocycles. The van der Waals surface area contributed by atoms with Crippen LogP contribution in [0, 0.1) is 11.2 Å². The van der Waals surface area contributed by atoms with Crippen molar-refractivity contribution in [2.45, 2.75) is 20.8 Å². The second-order valence-electron chi connectivity index (χ2n) is 10.0. The molecule has 0 bridgehead atoms. The summed E-state index contributed by atoms with van der Waals surface area (Å²) >= 11 is 0. The number of H-pyrrole nitrogens is 2. The molecule has 0 fully saturated rings. The Bertz CT molecular complexity index is 1820. The molecule has 0 saturated carbocycles. The van der Waals surface area contributed by atoms with Gasteiger partial charge in [0.15, 0.2) is 11.5 Å². The number of nitrogens with one attached hydrogen (secondary N) is 3. The number of amides is 1. The third-order valence-corrected chi connectivity index (χ3v) is 6.17. The number of anilines is 1. The molecule has 9 nitrogen and oxygen atoms in total. The summed E-state index contributed by atoms with van der Waals surface area (Å²) in [5, 5.41) is 11.1. The first-order valence-electron chi connectivity index (χ1n) is 12.0. The lowest BCUT2D eigenvalue weighted by Gasteiger charge is -2.17. The fourth-order valence-electron chi connectivity index (χ4n) is 4.09. The van der Waals surface area contributed by atoms with Crippen molar-refractivity contribution in [1.29, 1.82) is 0 Å². The van der Waals surface area contributed by atoms with Gasteiger partial charge in [-0.15, -0.1) is 0 Å². The number of imidazole rings is 1. The number of fused-ring (bicyclic) bond motifs is 2. The van der Waals surface area contributed by atoms with Crippen LogP contribution >= 0.6 is 0 Å². The number of pyridine rings is 3. The number of hydrogen-bond acceptors (Lipinski definition) is 6. The Kier molecular flexibility index (Phi) is 5.45. The van der Waals surface area contributed by atoms with Gasteiger partial charge in [-0.2, -0.15) is 5.10 Å². The lowest BCUT2D eigenvalue weighted by Crippen LogP contribution is -2.27. The molecule has 1 amide bonds. The number of benzene rings is 1. The van der Waals surface area contributed by atoms with Gasteiger partial charge in [0.2, 0.25) is 5.91 Å². The maximum atomic E-state index is 13.5. The van der Waals surface area contributed by atoms with Gasteiger partial charge in [0.25, 0.3) is 0 Å². The summed E-state index contributed by atoms with van der Waals surface area (Å²) < 4.78 is 13.5. The predicted molar refractivity (Wildman–Crippen MR) is 143 cm³/mol. The van der Waals surface area contributed by atoms with Crippen molar-refractivity contribution in [3.8, 4) is 33.9 Å². The SMILES string of the molecule is CC(C)(C)C(=O)Nc1cncc(-c2cnc3[nH]nc(-c4nc5c(-c6ccc(F)cc6)nccc5[nH]4)c3c2)c1. The van der Waals surface area contributed by atoms with E-state index in [0.717, 1.165) is 27.6 Å². The third kappa shape index (κ3) is 4.26. The lowest BCUT2D eigenvalue weighted by molar-refractivity contribution is -0.123. The number of halogens is 1. The average Bonchev–Trinajstić information content (AvgIpc) is 3.52. The average molecular weight is 507 g/mol. The van der Waals surface area contributed by atoms with E-state index in [0.29, 0.717) is 34.1 Å². The van der Waals surface area contributed by atoms with Gasteiger partial charge in [-0.25, -0.2) is 14.4 Å². The van der Waals surface area contributed by atoms with Crippen LogP contribution in [-0.4, -0.2) is 41.0 Å². The molecule has 0 radical (unpaired) electrons. The number of hydrogen-bond donors (Lipinski definition) is 3. The maximum Gasteiger partial charge on any atom is 0.229 e. The zero-order valence-electron chi connectivity index (χ0n) is 20.9. The largest absolute Gasteiger partial charge is 0.336 e. The van der Waals surface area contributed by atoms with Crippen LogP contribution in [0.2, 0.25) is 0 Å². The Morgan fingerprint density at radius 3 is 2.50 bits per heavy atom. The first kappa shape index (κ1) is 23.4. The fourth-order valence-corrected chi connectivity index (χ4v) is 4.09. The van der Waals surface area contributed by atoms with Crippen LogP contribution in [-0.2, 0) is 4.79 Å². The van der Waals surface area contributed by atoms with Crippen LogP contribution in [0.15, 0.2) is 67.3 Å². The van der Waals surface area contributed by atoms with Crippen molar-refractivity contribution in [1.82, 2.24) is 35.1 Å². The van der Waals surface area contributed by atoms with Gasteiger partial charge in [-0.3, -0.25) is 19.9 Å². The quantitative estimate of drug-likeness (QED) is 0.280. The highest BCUT2D eigenvalue weighted by Gasteiger charge is 2.22. The van der Waals surface area contributed by atoms with Crippen molar-refractivity contribution in [2.24, 2.45) is 5.41 Å². The molecule has 0 saturated heterocycles. The van der Waals surface area contributed by atoms with E-state index < -0.39 is 5.41 Å². The standard InChI is InChI=1S/C28H23FN8O/c1-28(2,3)27(38)33-19-10-16(12-30-14-19)17-11-20-23(36-37-25(20)32-13-17)26-34-21-8-9-31-22(24(21)35-26)15-4-6-18(29)7-5-15/h4-14H,1-3H3,(H,33,38)(H,34,35)(H,32,36,37). The molecule has 188 valence electrons. The van der Waals surface area contributed by atoms with Gasteiger partial charge < -0.3 is 10.3 Å². The number of carbonyl (C=O) groups excluding carboxylic acids is 1. The molecule has 0 atom stereocenters. The molecule has 6 rings (SSSR count). The summed E-state index contributed by atoms with van der Waals surface area (Å²) in [6, 6.07) is 11.8. The van der Waals surface area contributed by atoms with E-state index >= 15 is 0 Å². The van der Waals surface area contributed by atoms with Gasteiger partial charge in [0.05, 0.1) is 28.5 Å². The van der Waals surface area contributed by atoms with Gasteiger partial charge in [0.1, 0.15) is 17.0 Å². The Balaban J connectivity index is 1.39. The molecule has 6 aromatic rings. The van der Waals surface area contributed by atoms with Gasteiger partial charge in [-0.05, 0) is 42.5 Å². The van der Waals surface area contributed by atoms with Crippen molar-refractivity contribution < 1.29 is 9.18 Å². The summed E-state index contributed by atoms with van der Waals surface area (Å²) in [5.41, 5.74) is 5.72. The topological polar surface area (TPSA) is 125 Å². The van der Waals surface area contributed by atoms with Crippen molar-refractivity contribution in [3.05, 3.63) is 73.1 Å². The zero-order chi connectivity index (χ0) is 26.4. The van der Waals surface area contributed by atoms with Crippen LogP contribution in [0.5, 0.6) is 0 Å². The number of carbonyl (C=O) groups is 1. The summed E-state index contributed by atoms with van der Waals surface area (Å²) in [5.74, 6) is 0.139. The van der Waals surface area contributed by atoms with E-state index in [1.54, 1.807) is 36.9 Å². The highest BCUT2D eigenvalue weighted by Crippen LogP contribution is 2.32. The summed E-state index contributed by atoms with van der Waals surface area (Å²) in [7, 11) is 0. The van der Waals surface area contributed by atoms with Gasteiger partial charge >= 0.3 is 0 Å². The Hall–Kier alpha value is -4.99. The Labute approximate surface area is 216 Å². The normalized spacial score (nSPS) is 11.8. The van der Waals surface area contributed by atoms with E-state index in [1.165, 1.54) is 12.1 Å². The molecule has 5 heterocycles. The molecule has 5 aromatic heterocycles. The molecule has 0 aliphatic carbocycles. The highest BCUT2D eigenvalue weighted by molar-refractivity contribution is 5.97. The van der Waals surface area contributed by atoms with Gasteiger partial charge in [0, 0.05) is 40.7 Å². The minimum atomic E-state index is -0.527. The minimum Gasteiger partial charge on any atom is -0.336 e. The predicted octanol–water partition coefficient (Wildman–Crippen LogP) is 5.75. The molecule has 1 aromatic carbocycles. The van der Waals surface area contributed by atoms with Crippen LogP contribution in [0.1, 0.15) is 20.8 Å². The highest BCUT2D eigenvalue weighted by atomic mass is 19.1. The molecule has 0 spiro atoms. The van der Waals surface area contributed by atoms with Crippen LogP contribution < -0.4 is 5.32 Å². The number of aromatic amines is 2. The smallest absolute Gasteiger partial charge is 0.229 e. The molecule has 38 heavy (non-hydrogen) atoms. The van der Waals surface area contributed by atoms with E-state index in [9.17, 15) is 9.18 Å². The molecule has 3 N–H and O–H groups in total. The number of aromatic nitrogens is 7. The monoisotopic (exact) mass is 506 g/mol. The van der Waals surface area contributed by atoms with Crippen molar-refractivity contribution in [2.75, 3.05) is 5.32 Å². The maximum absolute atomic E-state index is 13.5. The fraction of sp³-hybridized carbons (Fsp3) is 0.143. The molecular weight excluding hydrogens is 483 g/mol. The van der Waals surface area contributed by atoms with Crippen LogP contribution in [0.3, 0.4) is 0 Å². The van der Waals surface area contributed by atoms with Gasteiger partial charge in [-0.1, -0.05) is 20.8 Å². The molecule has 0 aliphatic rings. The second kappa shape index (κ2) is 8.84. The molecule has 0 unspecified atom stereocenters. The number of rotatable bonds is 4. The second-order valence-corrected chi connectivity index (χ2v) is 10.0. The van der Waals surface area contributed by atoms with Crippen molar-refractivity contribution >= 4 is 33.7 Å². The summed E-state index contributed by atoms with van der Waals surface area (Å²) in [6.07, 6.45) is 6.75. The minimum absolute atomic E-state index is 0.0958. The van der Waals surface area contributed by atoms with Crippen LogP contribution in [0.4, 0.5) is 10.1 Å². The number of nitrogens with zero attached hydrogens (tertiary/aromatic N) is 5. The first-order valence-corrected chi connectivity index (χ1v) is 12.0. The zero-order valence-corrected chi connectivity index (χ0v) is 20.9. The molecular formula is C28H23FN8O. The third-order valence-electron chi connectivity index (χ3n) is 6.17. The van der Waals surface area contributed by atoms with E-state index in [4.69, 9.17) is 4.98 Å². The van der Waals surface area contributed by atoms with E-state index in [2.05, 4.69) is 35.5 Å². The summed E-state index contributed by atoms with van der Waals surface area (Å²) in [4.78, 5) is 33.9. The summed E-state index contributed by atoms with van der Waals surface area (Å²) in [6.45, 7) is 5.57. The first-order chi connectivity index (χ1) is 18.3. The van der Waals surface area contributed by atoms with E-state index in [1.807, 2.05) is 39.0 Å². The van der Waals surface area contributed by atoms with Crippen LogP contribution in [0.25, 0.3) is 56.0 Å². The van der Waals surface area contributed by atoms with Crippen molar-refractivity contribution in [3.63, 3.8) is 0 Å². The van der Waals surface area contributed by atoms with E-state index in [-0.39, 0.29) is 11.7 Å². The Morgan fingerprint density at radius 1 is 0.921 bits per heavy atom. The lowest BCUT2D eigenvalue weighted by atomic mass is 9.95. The molecule has 10 heteroatoms.